The maximum Gasteiger partial charge on any atom is 0.0555 e. The molecule has 0 bridgehead atoms. The van der Waals surface area contributed by atoms with Crippen molar-refractivity contribution in [1.29, 1.82) is 0 Å². The van der Waals surface area contributed by atoms with Gasteiger partial charge in [-0.2, -0.15) is 0 Å². The van der Waals surface area contributed by atoms with E-state index in [1.54, 1.807) is 0 Å². The summed E-state index contributed by atoms with van der Waals surface area (Å²) in [7, 11) is 2.20. The summed E-state index contributed by atoms with van der Waals surface area (Å²) in [6.07, 6.45) is 1.40. The van der Waals surface area contributed by atoms with Crippen LogP contribution in [-0.2, 0) is 6.54 Å². The van der Waals surface area contributed by atoms with Crippen molar-refractivity contribution in [1.82, 2.24) is 4.90 Å². The Kier molecular flexibility index (Phi) is 4.41. The maximum atomic E-state index is 5.39. The van der Waals surface area contributed by atoms with Crippen molar-refractivity contribution < 1.29 is 0 Å². The molecule has 0 amide bonds. The van der Waals surface area contributed by atoms with Crippen LogP contribution in [0, 0.1) is 23.7 Å². The Morgan fingerprint density at radius 2 is 2.22 bits per heavy atom. The minimum Gasteiger partial charge on any atom is -0.320 e. The molecular formula is C16H22N2. The summed E-state index contributed by atoms with van der Waals surface area (Å²) >= 11 is 0. The number of hydrogen-bond acceptors (Lipinski definition) is 2. The van der Waals surface area contributed by atoms with Crippen LogP contribution >= 0.6 is 0 Å². The Hall–Kier alpha value is -1.30. The minimum absolute atomic E-state index is 0.420. The molecule has 2 heteroatoms. The highest BCUT2D eigenvalue weighted by atomic mass is 15.1. The van der Waals surface area contributed by atoms with E-state index in [0.29, 0.717) is 6.54 Å². The van der Waals surface area contributed by atoms with Crippen LogP contribution in [0.15, 0.2) is 24.3 Å². The molecule has 1 aromatic rings. The van der Waals surface area contributed by atoms with Crippen LogP contribution in [0.1, 0.15) is 24.5 Å². The molecule has 0 aromatic heterocycles. The van der Waals surface area contributed by atoms with Gasteiger partial charge in [0.2, 0.25) is 0 Å². The van der Waals surface area contributed by atoms with Crippen LogP contribution in [0.5, 0.6) is 0 Å². The average molecular weight is 242 g/mol. The number of rotatable bonds is 4. The van der Waals surface area contributed by atoms with Gasteiger partial charge in [0.25, 0.3) is 0 Å². The Morgan fingerprint density at radius 1 is 1.44 bits per heavy atom. The molecular weight excluding hydrogens is 220 g/mol. The zero-order valence-electron chi connectivity index (χ0n) is 11.3. The summed E-state index contributed by atoms with van der Waals surface area (Å²) in [5, 5.41) is 0. The predicted octanol–water partition coefficient (Wildman–Crippen LogP) is 2.08. The molecule has 2 atom stereocenters. The Morgan fingerprint density at radius 3 is 2.89 bits per heavy atom. The van der Waals surface area contributed by atoms with Crippen molar-refractivity contribution in [2.24, 2.45) is 17.6 Å². The fourth-order valence-electron chi connectivity index (χ4n) is 2.33. The van der Waals surface area contributed by atoms with Gasteiger partial charge >= 0.3 is 0 Å². The number of nitrogens with two attached hydrogens (primary N) is 1. The van der Waals surface area contributed by atoms with Crippen molar-refractivity contribution in [3.63, 3.8) is 0 Å². The highest BCUT2D eigenvalue weighted by Gasteiger charge is 2.32. The molecule has 18 heavy (non-hydrogen) atoms. The van der Waals surface area contributed by atoms with Crippen molar-refractivity contribution in [3.05, 3.63) is 35.4 Å². The Labute approximate surface area is 110 Å². The van der Waals surface area contributed by atoms with E-state index in [0.717, 1.165) is 23.9 Å². The fraction of sp³-hybridized carbons (Fsp3) is 0.500. The van der Waals surface area contributed by atoms with Crippen LogP contribution < -0.4 is 5.73 Å². The van der Waals surface area contributed by atoms with Crippen molar-refractivity contribution in [2.45, 2.75) is 19.9 Å². The van der Waals surface area contributed by atoms with Crippen LogP contribution in [-0.4, -0.2) is 25.0 Å². The van der Waals surface area contributed by atoms with Gasteiger partial charge in [0.15, 0.2) is 0 Å². The SMILES string of the molecule is CC1CC1CN(C)Cc1cccc(C#CCN)c1. The molecule has 1 saturated carbocycles. The summed E-state index contributed by atoms with van der Waals surface area (Å²) in [6.45, 7) is 4.96. The lowest BCUT2D eigenvalue weighted by Gasteiger charge is -2.16. The van der Waals surface area contributed by atoms with Gasteiger partial charge < -0.3 is 10.6 Å². The molecule has 1 aromatic carbocycles. The Balaban J connectivity index is 1.91. The van der Waals surface area contributed by atoms with E-state index < -0.39 is 0 Å². The first-order valence-corrected chi connectivity index (χ1v) is 6.65. The molecule has 1 aliphatic carbocycles. The van der Waals surface area contributed by atoms with Gasteiger partial charge in [-0.1, -0.05) is 30.9 Å². The standard InChI is InChI=1S/C16H22N2/c1-13-9-16(13)12-18(2)11-15-6-3-5-14(10-15)7-4-8-17/h3,5-6,10,13,16H,8-9,11-12,17H2,1-2H3. The molecule has 1 aliphatic rings. The van der Waals surface area contributed by atoms with E-state index >= 15 is 0 Å². The highest BCUT2D eigenvalue weighted by molar-refractivity contribution is 5.37. The zero-order chi connectivity index (χ0) is 13.0. The molecule has 0 heterocycles. The van der Waals surface area contributed by atoms with Crippen molar-refractivity contribution >= 4 is 0 Å². The topological polar surface area (TPSA) is 29.3 Å². The molecule has 0 radical (unpaired) electrons. The molecule has 0 saturated heterocycles. The third-order valence-corrected chi connectivity index (χ3v) is 3.54. The van der Waals surface area contributed by atoms with Crippen LogP contribution in [0.3, 0.4) is 0 Å². The normalized spacial score (nSPS) is 21.6. The molecule has 2 N–H and O–H groups in total. The lowest BCUT2D eigenvalue weighted by atomic mass is 10.1. The van der Waals surface area contributed by atoms with Crippen molar-refractivity contribution in [2.75, 3.05) is 20.1 Å². The molecule has 96 valence electrons. The summed E-state index contributed by atoms with van der Waals surface area (Å²) in [5.74, 6) is 7.82. The largest absolute Gasteiger partial charge is 0.320 e. The predicted molar refractivity (Wildman–Crippen MR) is 76.0 cm³/mol. The zero-order valence-corrected chi connectivity index (χ0v) is 11.3. The van der Waals surface area contributed by atoms with Gasteiger partial charge in [0, 0.05) is 18.7 Å². The lowest BCUT2D eigenvalue weighted by molar-refractivity contribution is 0.307. The quantitative estimate of drug-likeness (QED) is 0.819. The van der Waals surface area contributed by atoms with Gasteiger partial charge in [-0.15, -0.1) is 0 Å². The summed E-state index contributed by atoms with van der Waals surface area (Å²) in [4.78, 5) is 2.41. The first-order chi connectivity index (χ1) is 8.69. The highest BCUT2D eigenvalue weighted by Crippen LogP contribution is 2.38. The maximum absolute atomic E-state index is 5.39. The molecule has 2 nitrogen and oxygen atoms in total. The third kappa shape index (κ3) is 3.87. The smallest absolute Gasteiger partial charge is 0.0555 e. The molecule has 2 unspecified atom stereocenters. The van der Waals surface area contributed by atoms with Crippen LogP contribution in [0.4, 0.5) is 0 Å². The van der Waals surface area contributed by atoms with Crippen molar-refractivity contribution in [3.8, 4) is 11.8 Å². The Bertz CT molecular complexity index is 456. The van der Waals surface area contributed by atoms with E-state index in [4.69, 9.17) is 5.73 Å². The summed E-state index contributed by atoms with van der Waals surface area (Å²) < 4.78 is 0. The first kappa shape index (κ1) is 13.1. The number of benzene rings is 1. The van der Waals surface area contributed by atoms with E-state index in [9.17, 15) is 0 Å². The molecule has 0 aliphatic heterocycles. The van der Waals surface area contributed by atoms with E-state index in [1.807, 2.05) is 6.07 Å². The van der Waals surface area contributed by atoms with Crippen LogP contribution in [0.25, 0.3) is 0 Å². The average Bonchev–Trinajstić information content (AvgIpc) is 3.02. The van der Waals surface area contributed by atoms with Gasteiger partial charge in [-0.3, -0.25) is 0 Å². The summed E-state index contributed by atoms with van der Waals surface area (Å²) in [5.41, 5.74) is 7.78. The van der Waals surface area contributed by atoms with E-state index in [2.05, 4.69) is 48.9 Å². The molecule has 2 rings (SSSR count). The second-order valence-electron chi connectivity index (χ2n) is 5.38. The van der Waals surface area contributed by atoms with Crippen LogP contribution in [0.2, 0.25) is 0 Å². The van der Waals surface area contributed by atoms with E-state index in [1.165, 1.54) is 18.5 Å². The van der Waals surface area contributed by atoms with Gasteiger partial charge in [-0.25, -0.2) is 0 Å². The monoisotopic (exact) mass is 242 g/mol. The third-order valence-electron chi connectivity index (χ3n) is 3.54. The second kappa shape index (κ2) is 6.04. The molecule has 1 fully saturated rings. The number of hydrogen-bond donors (Lipinski definition) is 1. The number of nitrogens with zero attached hydrogens (tertiary/aromatic N) is 1. The first-order valence-electron chi connectivity index (χ1n) is 6.65. The minimum atomic E-state index is 0.420. The van der Waals surface area contributed by atoms with Gasteiger partial charge in [0.1, 0.15) is 0 Å². The van der Waals surface area contributed by atoms with Gasteiger partial charge in [0.05, 0.1) is 6.54 Å². The lowest BCUT2D eigenvalue weighted by Crippen LogP contribution is -2.20. The fourth-order valence-corrected chi connectivity index (χ4v) is 2.33. The van der Waals surface area contributed by atoms with E-state index in [-0.39, 0.29) is 0 Å². The second-order valence-corrected chi connectivity index (χ2v) is 5.38. The van der Waals surface area contributed by atoms with Gasteiger partial charge in [-0.05, 0) is 43.0 Å². The summed E-state index contributed by atoms with van der Waals surface area (Å²) in [6, 6.07) is 8.44. The molecule has 0 spiro atoms.